The molecule has 17 heavy (non-hydrogen) atoms. The van der Waals surface area contributed by atoms with E-state index in [4.69, 9.17) is 5.73 Å². The molecule has 1 aliphatic heterocycles. The highest BCUT2D eigenvalue weighted by Crippen LogP contribution is 2.49. The first-order chi connectivity index (χ1) is 8.20. The molecule has 1 fully saturated rings. The summed E-state index contributed by atoms with van der Waals surface area (Å²) in [6, 6.07) is 8.87. The molecular formula is C14H18N2O. The fourth-order valence-electron chi connectivity index (χ4n) is 3.62. The molecule has 2 aliphatic rings. The van der Waals surface area contributed by atoms with Crippen LogP contribution in [0.3, 0.4) is 0 Å². The van der Waals surface area contributed by atoms with Gasteiger partial charge in [-0.3, -0.25) is 4.79 Å². The van der Waals surface area contributed by atoms with Crippen molar-refractivity contribution >= 4 is 11.6 Å². The number of para-hydroxylation sites is 1. The Hall–Kier alpha value is -1.51. The predicted molar refractivity (Wildman–Crippen MR) is 67.9 cm³/mol. The Labute approximate surface area is 102 Å². The Bertz CT molecular complexity index is 457. The van der Waals surface area contributed by atoms with Gasteiger partial charge in [0.1, 0.15) is 0 Å². The molecule has 1 saturated carbocycles. The van der Waals surface area contributed by atoms with Crippen LogP contribution in [0.15, 0.2) is 24.3 Å². The van der Waals surface area contributed by atoms with E-state index in [2.05, 4.69) is 36.2 Å². The minimum absolute atomic E-state index is 0.0137. The monoisotopic (exact) mass is 230 g/mol. The van der Waals surface area contributed by atoms with Crippen molar-refractivity contribution in [3.63, 3.8) is 0 Å². The van der Waals surface area contributed by atoms with Gasteiger partial charge in [-0.05, 0) is 24.5 Å². The summed E-state index contributed by atoms with van der Waals surface area (Å²) in [7, 11) is 2.13. The summed E-state index contributed by atoms with van der Waals surface area (Å²) in [5.41, 5.74) is 8.15. The lowest BCUT2D eigenvalue weighted by Crippen LogP contribution is -2.41. The maximum absolute atomic E-state index is 11.6. The molecular weight excluding hydrogens is 212 g/mol. The van der Waals surface area contributed by atoms with Gasteiger partial charge in [0.25, 0.3) is 0 Å². The van der Waals surface area contributed by atoms with Crippen LogP contribution < -0.4 is 10.6 Å². The molecule has 3 nitrogen and oxygen atoms in total. The molecule has 0 spiro atoms. The molecule has 2 N–H and O–H groups in total. The van der Waals surface area contributed by atoms with Crippen molar-refractivity contribution in [1.82, 2.24) is 0 Å². The number of anilines is 1. The van der Waals surface area contributed by atoms with Gasteiger partial charge in [-0.2, -0.15) is 0 Å². The second kappa shape index (κ2) is 3.76. The number of amides is 1. The maximum Gasteiger partial charge on any atom is 0.221 e. The number of primary amides is 1. The zero-order chi connectivity index (χ0) is 12.0. The number of fused-ring (bicyclic) bond motifs is 3. The van der Waals surface area contributed by atoms with Gasteiger partial charge in [0.2, 0.25) is 5.91 Å². The van der Waals surface area contributed by atoms with Crippen LogP contribution in [0.5, 0.6) is 0 Å². The third-order valence-electron chi connectivity index (χ3n) is 4.40. The van der Waals surface area contributed by atoms with Crippen molar-refractivity contribution in [3.05, 3.63) is 29.8 Å². The summed E-state index contributed by atoms with van der Waals surface area (Å²) in [5.74, 6) is 0.187. The molecule has 1 aromatic carbocycles. The molecule has 3 unspecified atom stereocenters. The van der Waals surface area contributed by atoms with Crippen molar-refractivity contribution < 1.29 is 4.79 Å². The Balaban J connectivity index is 2.07. The number of hydrogen-bond acceptors (Lipinski definition) is 2. The van der Waals surface area contributed by atoms with Crippen LogP contribution in [0.1, 0.15) is 30.7 Å². The summed E-state index contributed by atoms with van der Waals surface area (Å²) in [6.45, 7) is 0. The van der Waals surface area contributed by atoms with E-state index in [1.54, 1.807) is 0 Å². The zero-order valence-corrected chi connectivity index (χ0v) is 10.1. The van der Waals surface area contributed by atoms with E-state index in [1.165, 1.54) is 17.7 Å². The van der Waals surface area contributed by atoms with E-state index >= 15 is 0 Å². The van der Waals surface area contributed by atoms with Crippen molar-refractivity contribution in [2.45, 2.75) is 31.2 Å². The molecule has 3 rings (SSSR count). The van der Waals surface area contributed by atoms with Crippen molar-refractivity contribution in [2.75, 3.05) is 11.9 Å². The first-order valence-electron chi connectivity index (χ1n) is 6.31. The van der Waals surface area contributed by atoms with Crippen LogP contribution in [-0.4, -0.2) is 19.0 Å². The summed E-state index contributed by atoms with van der Waals surface area (Å²) in [5, 5.41) is 0. The first kappa shape index (κ1) is 10.6. The summed E-state index contributed by atoms with van der Waals surface area (Å²) >= 11 is 0. The van der Waals surface area contributed by atoms with Crippen LogP contribution in [0.2, 0.25) is 0 Å². The highest BCUT2D eigenvalue weighted by molar-refractivity contribution is 5.80. The molecule has 0 aromatic heterocycles. The molecule has 1 aliphatic carbocycles. The molecule has 1 aromatic rings. The van der Waals surface area contributed by atoms with Gasteiger partial charge in [-0.15, -0.1) is 0 Å². The number of nitrogens with two attached hydrogens (primary N) is 1. The van der Waals surface area contributed by atoms with Crippen LogP contribution in [0.4, 0.5) is 5.69 Å². The van der Waals surface area contributed by atoms with Gasteiger partial charge in [0.15, 0.2) is 0 Å². The Morgan fingerprint density at radius 3 is 2.88 bits per heavy atom. The van der Waals surface area contributed by atoms with Gasteiger partial charge in [0, 0.05) is 30.6 Å². The van der Waals surface area contributed by atoms with E-state index in [9.17, 15) is 4.79 Å². The minimum Gasteiger partial charge on any atom is -0.371 e. The van der Waals surface area contributed by atoms with Crippen molar-refractivity contribution in [1.29, 1.82) is 0 Å². The van der Waals surface area contributed by atoms with Gasteiger partial charge in [-0.1, -0.05) is 24.6 Å². The molecule has 0 bridgehead atoms. The first-order valence-corrected chi connectivity index (χ1v) is 6.31. The van der Waals surface area contributed by atoms with E-state index in [-0.39, 0.29) is 11.8 Å². The summed E-state index contributed by atoms with van der Waals surface area (Å²) in [6.07, 6.45) is 3.21. The molecule has 3 heteroatoms. The van der Waals surface area contributed by atoms with E-state index < -0.39 is 0 Å². The van der Waals surface area contributed by atoms with Crippen LogP contribution >= 0.6 is 0 Å². The van der Waals surface area contributed by atoms with Gasteiger partial charge < -0.3 is 10.6 Å². The minimum atomic E-state index is -0.134. The van der Waals surface area contributed by atoms with E-state index in [1.807, 2.05) is 0 Å². The second-order valence-corrected chi connectivity index (χ2v) is 5.20. The third kappa shape index (κ3) is 1.45. The summed E-state index contributed by atoms with van der Waals surface area (Å²) in [4.78, 5) is 13.9. The van der Waals surface area contributed by atoms with E-state index in [0.29, 0.717) is 12.0 Å². The number of benzene rings is 1. The lowest BCUT2D eigenvalue weighted by Gasteiger charge is -2.35. The van der Waals surface area contributed by atoms with Crippen LogP contribution in [-0.2, 0) is 4.79 Å². The maximum atomic E-state index is 11.6. The highest BCUT2D eigenvalue weighted by Gasteiger charge is 2.44. The van der Waals surface area contributed by atoms with E-state index in [0.717, 1.165) is 12.8 Å². The fourth-order valence-corrected chi connectivity index (χ4v) is 3.62. The molecule has 3 atom stereocenters. The Morgan fingerprint density at radius 1 is 1.35 bits per heavy atom. The normalized spacial score (nSPS) is 30.9. The number of carbonyl (C=O) groups is 1. The molecule has 0 saturated heterocycles. The average molecular weight is 230 g/mol. The van der Waals surface area contributed by atoms with Crippen LogP contribution in [0, 0.1) is 5.92 Å². The van der Waals surface area contributed by atoms with Crippen LogP contribution in [0.25, 0.3) is 0 Å². The average Bonchev–Trinajstić information content (AvgIpc) is 2.64. The lowest BCUT2D eigenvalue weighted by atomic mass is 9.74. The van der Waals surface area contributed by atoms with Gasteiger partial charge in [0.05, 0.1) is 0 Å². The molecule has 90 valence electrons. The largest absolute Gasteiger partial charge is 0.371 e. The number of nitrogens with zero attached hydrogens (tertiary/aromatic N) is 1. The zero-order valence-electron chi connectivity index (χ0n) is 10.1. The molecule has 0 radical (unpaired) electrons. The standard InChI is InChI=1S/C14H18N2O/c1-16-11-7-3-2-5-9(11)13-10(14(15)17)6-4-8-12(13)16/h2-3,5,7,10,12-13H,4,6,8H2,1H3,(H2,15,17). The third-order valence-corrected chi connectivity index (χ3v) is 4.40. The quantitative estimate of drug-likeness (QED) is 0.800. The Kier molecular flexibility index (Phi) is 2.35. The number of likely N-dealkylation sites (N-methyl/N-ethyl adjacent to an activating group) is 1. The number of rotatable bonds is 1. The number of hydrogen-bond donors (Lipinski definition) is 1. The van der Waals surface area contributed by atoms with Crippen molar-refractivity contribution in [2.24, 2.45) is 11.7 Å². The van der Waals surface area contributed by atoms with Gasteiger partial charge >= 0.3 is 0 Å². The molecule has 1 amide bonds. The smallest absolute Gasteiger partial charge is 0.221 e. The SMILES string of the molecule is CN1c2ccccc2C2C(C(N)=O)CCCC21. The number of carbonyl (C=O) groups excluding carboxylic acids is 1. The van der Waals surface area contributed by atoms with Crippen molar-refractivity contribution in [3.8, 4) is 0 Å². The Morgan fingerprint density at radius 2 is 2.12 bits per heavy atom. The topological polar surface area (TPSA) is 46.3 Å². The summed E-state index contributed by atoms with van der Waals surface area (Å²) < 4.78 is 0. The second-order valence-electron chi connectivity index (χ2n) is 5.20. The van der Waals surface area contributed by atoms with Gasteiger partial charge in [-0.25, -0.2) is 0 Å². The molecule has 1 heterocycles. The highest BCUT2D eigenvalue weighted by atomic mass is 16.1. The lowest BCUT2D eigenvalue weighted by molar-refractivity contribution is -0.123. The predicted octanol–water partition coefficient (Wildman–Crippen LogP) is 1.87. The fraction of sp³-hybridized carbons (Fsp3) is 0.500.